The SMILES string of the molecule is CCCNCc1ccc(N(C)CCOC)cc1C(F)(F)F. The average Bonchev–Trinajstić information content (AvgIpc) is 2.44. The lowest BCUT2D eigenvalue weighted by atomic mass is 10.1. The van der Waals surface area contributed by atoms with Crippen LogP contribution >= 0.6 is 0 Å². The molecule has 6 heteroatoms. The number of alkyl halides is 3. The van der Waals surface area contributed by atoms with Crippen LogP contribution in [0.2, 0.25) is 0 Å². The number of likely N-dealkylation sites (N-methyl/N-ethyl adjacent to an activating group) is 1. The molecule has 0 amide bonds. The van der Waals surface area contributed by atoms with Gasteiger partial charge in [0.1, 0.15) is 0 Å². The van der Waals surface area contributed by atoms with Crippen LogP contribution in [0.5, 0.6) is 0 Å². The van der Waals surface area contributed by atoms with Gasteiger partial charge in [-0.1, -0.05) is 13.0 Å². The molecule has 0 radical (unpaired) electrons. The molecule has 1 aromatic rings. The Morgan fingerprint density at radius 1 is 1.29 bits per heavy atom. The van der Waals surface area contributed by atoms with Crippen LogP contribution in [-0.4, -0.2) is 33.9 Å². The van der Waals surface area contributed by atoms with Crippen LogP contribution in [0.3, 0.4) is 0 Å². The highest BCUT2D eigenvalue weighted by molar-refractivity contribution is 5.51. The molecule has 1 N–H and O–H groups in total. The Balaban J connectivity index is 2.96. The molecule has 0 heterocycles. The second-order valence-electron chi connectivity index (χ2n) is 4.93. The lowest BCUT2D eigenvalue weighted by molar-refractivity contribution is -0.138. The van der Waals surface area contributed by atoms with Gasteiger partial charge in [0.15, 0.2) is 0 Å². The number of anilines is 1. The highest BCUT2D eigenvalue weighted by atomic mass is 19.4. The summed E-state index contributed by atoms with van der Waals surface area (Å²) in [5, 5.41) is 3.01. The van der Waals surface area contributed by atoms with Crippen molar-refractivity contribution in [3.8, 4) is 0 Å². The summed E-state index contributed by atoms with van der Waals surface area (Å²) in [6.07, 6.45) is -3.46. The molecule has 0 aliphatic rings. The number of hydrogen-bond acceptors (Lipinski definition) is 3. The summed E-state index contributed by atoms with van der Waals surface area (Å²) in [4.78, 5) is 1.75. The Bertz CT molecular complexity index is 435. The molecule has 0 aliphatic carbocycles. The van der Waals surface area contributed by atoms with Crippen LogP contribution in [0.1, 0.15) is 24.5 Å². The third kappa shape index (κ3) is 5.55. The van der Waals surface area contributed by atoms with Gasteiger partial charge in [0, 0.05) is 32.9 Å². The predicted octanol–water partition coefficient (Wildman–Crippen LogP) is 3.29. The fraction of sp³-hybridized carbons (Fsp3) is 0.600. The van der Waals surface area contributed by atoms with Crippen LogP contribution in [0.25, 0.3) is 0 Å². The molecule has 0 saturated carbocycles. The summed E-state index contributed by atoms with van der Waals surface area (Å²) in [6, 6.07) is 4.47. The second kappa shape index (κ2) is 8.24. The van der Waals surface area contributed by atoms with E-state index in [4.69, 9.17) is 4.74 Å². The van der Waals surface area contributed by atoms with E-state index in [0.29, 0.717) is 25.4 Å². The fourth-order valence-corrected chi connectivity index (χ4v) is 1.98. The van der Waals surface area contributed by atoms with E-state index in [1.807, 2.05) is 6.92 Å². The van der Waals surface area contributed by atoms with Crippen LogP contribution < -0.4 is 10.2 Å². The zero-order chi connectivity index (χ0) is 15.9. The van der Waals surface area contributed by atoms with Gasteiger partial charge in [-0.25, -0.2) is 0 Å². The monoisotopic (exact) mass is 304 g/mol. The minimum atomic E-state index is -4.35. The minimum absolute atomic E-state index is 0.227. The maximum atomic E-state index is 13.2. The van der Waals surface area contributed by atoms with Crippen molar-refractivity contribution in [3.63, 3.8) is 0 Å². The Hall–Kier alpha value is -1.27. The van der Waals surface area contributed by atoms with E-state index in [0.717, 1.165) is 6.42 Å². The first-order chi connectivity index (χ1) is 9.90. The first kappa shape index (κ1) is 17.8. The third-order valence-corrected chi connectivity index (χ3v) is 3.21. The summed E-state index contributed by atoms with van der Waals surface area (Å²) in [6.45, 7) is 3.92. The van der Waals surface area contributed by atoms with Crippen LogP contribution in [0.15, 0.2) is 18.2 Å². The third-order valence-electron chi connectivity index (χ3n) is 3.21. The lowest BCUT2D eigenvalue weighted by Gasteiger charge is -2.22. The summed E-state index contributed by atoms with van der Waals surface area (Å²) < 4.78 is 44.5. The molecule has 0 bridgehead atoms. The number of ether oxygens (including phenoxy) is 1. The van der Waals surface area contributed by atoms with Gasteiger partial charge >= 0.3 is 6.18 Å². The van der Waals surface area contributed by atoms with E-state index in [2.05, 4.69) is 5.32 Å². The van der Waals surface area contributed by atoms with Crippen molar-refractivity contribution in [2.45, 2.75) is 26.1 Å². The molecule has 1 rings (SSSR count). The Morgan fingerprint density at radius 3 is 2.57 bits per heavy atom. The molecule has 120 valence electrons. The van der Waals surface area contributed by atoms with Crippen LogP contribution in [-0.2, 0) is 17.5 Å². The highest BCUT2D eigenvalue weighted by Gasteiger charge is 2.33. The molecular formula is C15H23F3N2O. The molecule has 0 aliphatic heterocycles. The normalized spacial score (nSPS) is 11.7. The first-order valence-electron chi connectivity index (χ1n) is 7.01. The number of hydrogen-bond donors (Lipinski definition) is 1. The van der Waals surface area contributed by atoms with E-state index in [1.165, 1.54) is 6.07 Å². The summed E-state index contributed by atoms with van der Waals surface area (Å²) in [5.41, 5.74) is 0.242. The first-order valence-corrected chi connectivity index (χ1v) is 7.01. The second-order valence-corrected chi connectivity index (χ2v) is 4.93. The van der Waals surface area contributed by atoms with Gasteiger partial charge < -0.3 is 15.0 Å². The fourth-order valence-electron chi connectivity index (χ4n) is 1.98. The average molecular weight is 304 g/mol. The van der Waals surface area contributed by atoms with Crippen molar-refractivity contribution in [1.82, 2.24) is 5.32 Å². The number of nitrogens with one attached hydrogen (secondary N) is 1. The maximum absolute atomic E-state index is 13.2. The smallest absolute Gasteiger partial charge is 0.383 e. The van der Waals surface area contributed by atoms with Crippen molar-refractivity contribution < 1.29 is 17.9 Å². The molecule has 0 atom stereocenters. The van der Waals surface area contributed by atoms with E-state index >= 15 is 0 Å². The van der Waals surface area contributed by atoms with E-state index in [-0.39, 0.29) is 12.1 Å². The topological polar surface area (TPSA) is 24.5 Å². The molecule has 0 aromatic heterocycles. The quantitative estimate of drug-likeness (QED) is 0.746. The van der Waals surface area contributed by atoms with Crippen LogP contribution in [0, 0.1) is 0 Å². The van der Waals surface area contributed by atoms with Gasteiger partial charge in [-0.3, -0.25) is 0 Å². The molecule has 0 unspecified atom stereocenters. The van der Waals surface area contributed by atoms with Gasteiger partial charge in [0.25, 0.3) is 0 Å². The molecule has 1 aromatic carbocycles. The summed E-state index contributed by atoms with van der Waals surface area (Å²) in [5.74, 6) is 0. The van der Waals surface area contributed by atoms with Gasteiger partial charge in [-0.15, -0.1) is 0 Å². The molecule has 21 heavy (non-hydrogen) atoms. The van der Waals surface area contributed by atoms with Gasteiger partial charge in [-0.05, 0) is 30.7 Å². The Morgan fingerprint density at radius 2 is 2.00 bits per heavy atom. The predicted molar refractivity (Wildman–Crippen MR) is 78.6 cm³/mol. The van der Waals surface area contributed by atoms with E-state index < -0.39 is 11.7 Å². The number of nitrogens with zero attached hydrogens (tertiary/aromatic N) is 1. The number of rotatable bonds is 8. The van der Waals surface area contributed by atoms with Gasteiger partial charge in [0.2, 0.25) is 0 Å². The lowest BCUT2D eigenvalue weighted by Crippen LogP contribution is -2.23. The van der Waals surface area contributed by atoms with E-state index in [9.17, 15) is 13.2 Å². The standard InChI is InChI=1S/C15H23F3N2O/c1-4-7-19-11-12-5-6-13(20(2)8-9-21-3)10-14(12)15(16,17)18/h5-6,10,19H,4,7-9,11H2,1-3H3. The Kier molecular flexibility index (Phi) is 6.98. The molecule has 0 saturated heterocycles. The minimum Gasteiger partial charge on any atom is -0.383 e. The number of benzene rings is 1. The van der Waals surface area contributed by atoms with Crippen molar-refractivity contribution in [3.05, 3.63) is 29.3 Å². The van der Waals surface area contributed by atoms with Crippen LogP contribution in [0.4, 0.5) is 18.9 Å². The zero-order valence-corrected chi connectivity index (χ0v) is 12.8. The molecule has 0 fully saturated rings. The highest BCUT2D eigenvalue weighted by Crippen LogP contribution is 2.34. The van der Waals surface area contributed by atoms with Gasteiger partial charge in [-0.2, -0.15) is 13.2 Å². The van der Waals surface area contributed by atoms with Crippen molar-refractivity contribution in [2.75, 3.05) is 38.8 Å². The largest absolute Gasteiger partial charge is 0.416 e. The summed E-state index contributed by atoms with van der Waals surface area (Å²) >= 11 is 0. The number of methoxy groups -OCH3 is 1. The molecule has 0 spiro atoms. The van der Waals surface area contributed by atoms with Crippen molar-refractivity contribution in [1.29, 1.82) is 0 Å². The molecular weight excluding hydrogens is 281 g/mol. The number of halogens is 3. The Labute approximate surface area is 124 Å². The zero-order valence-electron chi connectivity index (χ0n) is 12.8. The van der Waals surface area contributed by atoms with Crippen molar-refractivity contribution >= 4 is 5.69 Å². The molecule has 3 nitrogen and oxygen atoms in total. The van der Waals surface area contributed by atoms with E-state index in [1.54, 1.807) is 31.2 Å². The summed E-state index contributed by atoms with van der Waals surface area (Å²) in [7, 11) is 3.32. The maximum Gasteiger partial charge on any atom is 0.416 e. The van der Waals surface area contributed by atoms with Gasteiger partial charge in [0.05, 0.1) is 12.2 Å². The van der Waals surface area contributed by atoms with Crippen molar-refractivity contribution in [2.24, 2.45) is 0 Å².